The molecule has 0 spiro atoms. The quantitative estimate of drug-likeness (QED) is 0.621. The Morgan fingerprint density at radius 3 is 2.21 bits per heavy atom. The van der Waals surface area contributed by atoms with E-state index in [2.05, 4.69) is 4.18 Å². The fourth-order valence-corrected chi connectivity index (χ4v) is 1.56. The van der Waals surface area contributed by atoms with Crippen LogP contribution in [0.3, 0.4) is 0 Å². The summed E-state index contributed by atoms with van der Waals surface area (Å²) in [6.45, 7) is 1.84. The summed E-state index contributed by atoms with van der Waals surface area (Å²) in [6, 6.07) is 6.24. The first-order chi connectivity index (χ1) is 6.39. The van der Waals surface area contributed by atoms with Gasteiger partial charge < -0.3 is 4.18 Å². The standard InChI is InChI=1S/C7H8O5S2/c1-6-2-4-7(5-3-6)12-13(8)14(9,10)11/h2-5H,1H3,(H,9,10,11). The average Bonchev–Trinajstić information content (AvgIpc) is 2.07. The number of hydrogen-bond acceptors (Lipinski definition) is 4. The van der Waals surface area contributed by atoms with Crippen LogP contribution in [0.4, 0.5) is 0 Å². The van der Waals surface area contributed by atoms with Crippen LogP contribution >= 0.6 is 0 Å². The lowest BCUT2D eigenvalue weighted by atomic mass is 10.2. The van der Waals surface area contributed by atoms with Crippen molar-refractivity contribution in [1.29, 1.82) is 0 Å². The van der Waals surface area contributed by atoms with Gasteiger partial charge in [-0.3, -0.25) is 4.55 Å². The van der Waals surface area contributed by atoms with Gasteiger partial charge >= 0.3 is 19.3 Å². The Labute approximate surface area is 83.5 Å². The summed E-state index contributed by atoms with van der Waals surface area (Å²) >= 11 is 0. The molecule has 1 rings (SSSR count). The molecule has 0 saturated heterocycles. The summed E-state index contributed by atoms with van der Waals surface area (Å²) in [5.74, 6) is 0.117. The second-order valence-corrected chi connectivity index (χ2v) is 6.04. The van der Waals surface area contributed by atoms with Crippen LogP contribution < -0.4 is 4.18 Å². The minimum absolute atomic E-state index is 0.117. The molecule has 0 heterocycles. The summed E-state index contributed by atoms with van der Waals surface area (Å²) in [4.78, 5) is 0. The summed E-state index contributed by atoms with van der Waals surface area (Å²) in [7, 11) is -7.43. The van der Waals surface area contributed by atoms with Crippen molar-refractivity contribution in [3.05, 3.63) is 29.8 Å². The zero-order valence-corrected chi connectivity index (χ0v) is 8.84. The van der Waals surface area contributed by atoms with E-state index in [4.69, 9.17) is 4.55 Å². The maximum atomic E-state index is 10.8. The van der Waals surface area contributed by atoms with Crippen molar-refractivity contribution in [3.63, 3.8) is 0 Å². The molecule has 1 atom stereocenters. The van der Waals surface area contributed by atoms with Gasteiger partial charge in [0, 0.05) is 0 Å². The van der Waals surface area contributed by atoms with Crippen LogP contribution in [0.25, 0.3) is 0 Å². The molecule has 0 fully saturated rings. The van der Waals surface area contributed by atoms with Gasteiger partial charge in [0.1, 0.15) is 5.75 Å². The predicted octanol–water partition coefficient (Wildman–Crippen LogP) is 0.840. The Morgan fingerprint density at radius 2 is 1.79 bits per heavy atom. The van der Waals surface area contributed by atoms with Gasteiger partial charge in [0.2, 0.25) is 0 Å². The third-order valence-electron chi connectivity index (χ3n) is 1.36. The van der Waals surface area contributed by atoms with Crippen molar-refractivity contribution < 1.29 is 21.4 Å². The molecule has 1 N–H and O–H groups in total. The fourth-order valence-electron chi connectivity index (χ4n) is 0.715. The molecule has 7 heteroatoms. The summed E-state index contributed by atoms with van der Waals surface area (Å²) in [5, 5.41) is 0. The van der Waals surface area contributed by atoms with Gasteiger partial charge in [-0.2, -0.15) is 12.6 Å². The largest absolute Gasteiger partial charge is 0.388 e. The van der Waals surface area contributed by atoms with E-state index in [9.17, 15) is 12.6 Å². The van der Waals surface area contributed by atoms with Gasteiger partial charge in [-0.05, 0) is 19.1 Å². The van der Waals surface area contributed by atoms with E-state index in [0.29, 0.717) is 0 Å². The molecule has 0 saturated carbocycles. The van der Waals surface area contributed by atoms with Crippen molar-refractivity contribution in [2.45, 2.75) is 6.92 Å². The first-order valence-corrected chi connectivity index (χ1v) is 6.57. The molecule has 1 unspecified atom stereocenters. The van der Waals surface area contributed by atoms with E-state index in [0.717, 1.165) is 5.56 Å². The highest BCUT2D eigenvalue weighted by molar-refractivity contribution is 8.60. The number of hydrogen-bond donors (Lipinski definition) is 1. The number of benzene rings is 1. The van der Waals surface area contributed by atoms with Crippen LogP contribution in [0, 0.1) is 6.92 Å². The van der Waals surface area contributed by atoms with E-state index < -0.39 is 19.3 Å². The van der Waals surface area contributed by atoms with E-state index in [1.807, 2.05) is 6.92 Å². The molecule has 1 aromatic rings. The summed E-state index contributed by atoms with van der Waals surface area (Å²) in [5.41, 5.74) is 0.954. The Bertz CT molecular complexity index is 434. The maximum Gasteiger partial charge on any atom is 0.384 e. The lowest BCUT2D eigenvalue weighted by Crippen LogP contribution is -2.12. The van der Waals surface area contributed by atoms with E-state index >= 15 is 0 Å². The number of aryl methyl sites for hydroxylation is 1. The summed E-state index contributed by atoms with van der Waals surface area (Å²) in [6.07, 6.45) is 0. The van der Waals surface area contributed by atoms with Gasteiger partial charge in [0.25, 0.3) is 0 Å². The molecule has 0 amide bonds. The minimum atomic E-state index is -4.66. The lowest BCUT2D eigenvalue weighted by Gasteiger charge is -2.01. The highest BCUT2D eigenvalue weighted by atomic mass is 33.2. The van der Waals surface area contributed by atoms with Gasteiger partial charge in [-0.1, -0.05) is 17.7 Å². The third-order valence-corrected chi connectivity index (χ3v) is 3.27. The van der Waals surface area contributed by atoms with Crippen molar-refractivity contribution in [2.24, 2.45) is 0 Å². The Balaban J connectivity index is 2.81. The van der Waals surface area contributed by atoms with Crippen LogP contribution in [0.2, 0.25) is 0 Å². The second-order valence-electron chi connectivity index (χ2n) is 2.53. The van der Waals surface area contributed by atoms with Gasteiger partial charge in [0.05, 0.1) is 0 Å². The van der Waals surface area contributed by atoms with E-state index in [-0.39, 0.29) is 5.75 Å². The molecule has 0 bridgehead atoms. The molecule has 14 heavy (non-hydrogen) atoms. The average molecular weight is 236 g/mol. The van der Waals surface area contributed by atoms with Crippen LogP contribution in [0.5, 0.6) is 5.75 Å². The molecule has 0 aliphatic rings. The molecule has 0 aliphatic carbocycles. The molecule has 1 aromatic carbocycles. The zero-order chi connectivity index (χ0) is 10.8. The van der Waals surface area contributed by atoms with Crippen molar-refractivity contribution in [2.75, 3.05) is 0 Å². The Kier molecular flexibility index (Phi) is 3.25. The minimum Gasteiger partial charge on any atom is -0.388 e. The fraction of sp³-hybridized carbons (Fsp3) is 0.143. The molecule has 0 aromatic heterocycles. The van der Waals surface area contributed by atoms with Crippen molar-refractivity contribution in [1.82, 2.24) is 0 Å². The van der Waals surface area contributed by atoms with Gasteiger partial charge in [-0.25, -0.2) is 0 Å². The topological polar surface area (TPSA) is 80.7 Å². The van der Waals surface area contributed by atoms with Crippen LogP contribution in [0.1, 0.15) is 5.56 Å². The SMILES string of the molecule is Cc1ccc(OS(=O)S(=O)(=O)O)cc1. The molecule has 5 nitrogen and oxygen atoms in total. The van der Waals surface area contributed by atoms with Crippen LogP contribution in [-0.2, 0) is 19.3 Å². The smallest absolute Gasteiger partial charge is 0.384 e. The third kappa shape index (κ3) is 3.09. The van der Waals surface area contributed by atoms with Gasteiger partial charge in [-0.15, -0.1) is 0 Å². The van der Waals surface area contributed by atoms with Crippen LogP contribution in [-0.4, -0.2) is 17.2 Å². The normalized spacial score (nSPS) is 13.6. The molecule has 78 valence electrons. The Hall–Kier alpha value is -0.920. The van der Waals surface area contributed by atoms with Crippen molar-refractivity contribution >= 4 is 19.3 Å². The molecule has 0 aliphatic heterocycles. The number of rotatable bonds is 3. The lowest BCUT2D eigenvalue weighted by molar-refractivity contribution is 0.489. The van der Waals surface area contributed by atoms with E-state index in [1.165, 1.54) is 12.1 Å². The van der Waals surface area contributed by atoms with E-state index in [1.54, 1.807) is 12.1 Å². The Morgan fingerprint density at radius 1 is 1.29 bits per heavy atom. The molecular formula is C7H8O5S2. The zero-order valence-electron chi connectivity index (χ0n) is 7.21. The predicted molar refractivity (Wildman–Crippen MR) is 51.5 cm³/mol. The van der Waals surface area contributed by atoms with Crippen molar-refractivity contribution in [3.8, 4) is 5.75 Å². The summed E-state index contributed by atoms with van der Waals surface area (Å²) < 4.78 is 44.3. The molecule has 0 radical (unpaired) electrons. The first-order valence-electron chi connectivity index (χ1n) is 3.54. The van der Waals surface area contributed by atoms with Crippen LogP contribution in [0.15, 0.2) is 24.3 Å². The highest BCUT2D eigenvalue weighted by Gasteiger charge is 2.18. The molecular weight excluding hydrogens is 228 g/mol. The highest BCUT2D eigenvalue weighted by Crippen LogP contribution is 2.13. The maximum absolute atomic E-state index is 10.8. The second kappa shape index (κ2) is 4.07. The monoisotopic (exact) mass is 236 g/mol. The van der Waals surface area contributed by atoms with Gasteiger partial charge in [0.15, 0.2) is 0 Å². The first kappa shape index (κ1) is 11.2.